The van der Waals surface area contributed by atoms with Crippen LogP contribution in [-0.2, 0) is 0 Å². The number of benzene rings is 1. The van der Waals surface area contributed by atoms with E-state index >= 15 is 0 Å². The monoisotopic (exact) mass is 260 g/mol. The Morgan fingerprint density at radius 2 is 1.88 bits per heavy atom. The van der Waals surface area contributed by atoms with Crippen LogP contribution in [0.25, 0.3) is 11.0 Å². The average Bonchev–Trinajstić information content (AvgIpc) is 2.83. The van der Waals surface area contributed by atoms with Crippen molar-refractivity contribution >= 4 is 39.9 Å². The van der Waals surface area contributed by atoms with Crippen LogP contribution in [0.1, 0.15) is 0 Å². The third-order valence-corrected chi connectivity index (χ3v) is 4.03. The quantitative estimate of drug-likeness (QED) is 0.767. The molecule has 2 N–H and O–H groups in total. The molecule has 4 nitrogen and oxygen atoms in total. The molecule has 0 saturated carbocycles. The molecule has 0 saturated heterocycles. The summed E-state index contributed by atoms with van der Waals surface area (Å²) in [6.45, 7) is 0. The Kier molecular flexibility index (Phi) is 2.66. The van der Waals surface area contributed by atoms with Gasteiger partial charge in [-0.1, -0.05) is 12.1 Å². The van der Waals surface area contributed by atoms with E-state index in [1.54, 1.807) is 17.5 Å². The predicted molar refractivity (Wildman–Crippen MR) is 70.2 cm³/mol. The molecule has 0 aliphatic rings. The van der Waals surface area contributed by atoms with E-state index in [0.29, 0.717) is 10.8 Å². The van der Waals surface area contributed by atoms with Crippen LogP contribution in [-0.4, -0.2) is 15.0 Å². The maximum atomic E-state index is 5.89. The molecule has 0 aliphatic heterocycles. The Hall–Kier alpha value is -1.66. The second-order valence-corrected chi connectivity index (χ2v) is 5.43. The van der Waals surface area contributed by atoms with Gasteiger partial charge in [-0.25, -0.2) is 15.0 Å². The van der Waals surface area contributed by atoms with Crippen molar-refractivity contribution in [2.75, 3.05) is 5.73 Å². The van der Waals surface area contributed by atoms with Gasteiger partial charge in [-0.2, -0.15) is 0 Å². The second-order valence-electron chi connectivity index (χ2n) is 3.30. The lowest BCUT2D eigenvalue weighted by Gasteiger charge is -2.03. The molecule has 0 atom stereocenters. The molecule has 0 unspecified atom stereocenters. The number of hydrogen-bond donors (Lipinski definition) is 1. The molecule has 0 spiro atoms. The summed E-state index contributed by atoms with van der Waals surface area (Å²) < 4.78 is 0.918. The highest BCUT2D eigenvalue weighted by atomic mass is 32.2. The largest absolute Gasteiger partial charge is 0.381 e. The van der Waals surface area contributed by atoms with Crippen LogP contribution in [0.4, 0.5) is 5.82 Å². The number of aromatic nitrogens is 3. The number of nitrogen functional groups attached to an aromatic ring is 1. The van der Waals surface area contributed by atoms with E-state index in [0.717, 1.165) is 15.4 Å². The minimum absolute atomic E-state index is 0.448. The number of anilines is 1. The van der Waals surface area contributed by atoms with Gasteiger partial charge in [0.2, 0.25) is 0 Å². The Morgan fingerprint density at radius 1 is 1.12 bits per heavy atom. The number of nitrogens with two attached hydrogens (primary N) is 1. The topological polar surface area (TPSA) is 64.7 Å². The number of hydrogen-bond acceptors (Lipinski definition) is 6. The zero-order valence-electron chi connectivity index (χ0n) is 8.70. The summed E-state index contributed by atoms with van der Waals surface area (Å²) in [6.07, 6.45) is 1.76. The van der Waals surface area contributed by atoms with Gasteiger partial charge in [-0.05, 0) is 23.9 Å². The average molecular weight is 260 g/mol. The lowest BCUT2D eigenvalue weighted by atomic mass is 10.3. The lowest BCUT2D eigenvalue weighted by Crippen LogP contribution is -1.96. The summed E-state index contributed by atoms with van der Waals surface area (Å²) in [6, 6.07) is 7.68. The van der Waals surface area contributed by atoms with Gasteiger partial charge in [-0.3, -0.25) is 0 Å². The Bertz CT molecular complexity index is 652. The van der Waals surface area contributed by atoms with E-state index in [9.17, 15) is 0 Å². The van der Waals surface area contributed by atoms with Gasteiger partial charge in [0.25, 0.3) is 0 Å². The van der Waals surface area contributed by atoms with Crippen LogP contribution in [0.15, 0.2) is 45.2 Å². The van der Waals surface area contributed by atoms with Crippen molar-refractivity contribution < 1.29 is 0 Å². The molecule has 0 fully saturated rings. The summed E-state index contributed by atoms with van der Waals surface area (Å²) in [5.74, 6) is 0.448. The van der Waals surface area contributed by atoms with Gasteiger partial charge < -0.3 is 5.73 Å². The molecule has 1 aromatic carbocycles. The minimum atomic E-state index is 0.448. The number of para-hydroxylation sites is 2. The van der Waals surface area contributed by atoms with Gasteiger partial charge >= 0.3 is 0 Å². The fourth-order valence-electron chi connectivity index (χ4n) is 1.42. The van der Waals surface area contributed by atoms with Crippen LogP contribution in [0.5, 0.6) is 0 Å². The molecule has 0 radical (unpaired) electrons. The summed E-state index contributed by atoms with van der Waals surface area (Å²) in [5, 5.41) is 2.63. The third-order valence-electron chi connectivity index (χ3n) is 2.16. The highest BCUT2D eigenvalue weighted by Gasteiger charge is 2.08. The number of thiazole rings is 1. The van der Waals surface area contributed by atoms with Crippen molar-refractivity contribution in [1.82, 2.24) is 15.0 Å². The molecule has 17 heavy (non-hydrogen) atoms. The zero-order valence-corrected chi connectivity index (χ0v) is 10.3. The first-order valence-corrected chi connectivity index (χ1v) is 6.62. The highest BCUT2D eigenvalue weighted by molar-refractivity contribution is 8.01. The van der Waals surface area contributed by atoms with Crippen molar-refractivity contribution in [3.05, 3.63) is 35.8 Å². The summed E-state index contributed by atoms with van der Waals surface area (Å²) in [5.41, 5.74) is 7.55. The van der Waals surface area contributed by atoms with Gasteiger partial charge in [-0.15, -0.1) is 11.3 Å². The van der Waals surface area contributed by atoms with Gasteiger partial charge in [0.05, 0.1) is 11.0 Å². The van der Waals surface area contributed by atoms with Crippen LogP contribution in [0.2, 0.25) is 0 Å². The van der Waals surface area contributed by atoms with Crippen molar-refractivity contribution in [3.63, 3.8) is 0 Å². The standard InChI is InChI=1S/C11H8N4S2/c12-9-10(17-11-13-5-6-16-11)15-8-4-2-1-3-7(8)14-9/h1-6H,(H2,12,14). The molecule has 0 bridgehead atoms. The van der Waals surface area contributed by atoms with Crippen molar-refractivity contribution in [2.24, 2.45) is 0 Å². The maximum absolute atomic E-state index is 5.89. The Labute approximate surface area is 106 Å². The van der Waals surface area contributed by atoms with E-state index in [2.05, 4.69) is 15.0 Å². The molecular weight excluding hydrogens is 252 g/mol. The van der Waals surface area contributed by atoms with E-state index < -0.39 is 0 Å². The maximum Gasteiger partial charge on any atom is 0.157 e. The van der Waals surface area contributed by atoms with Gasteiger partial charge in [0.15, 0.2) is 10.2 Å². The van der Waals surface area contributed by atoms with E-state index in [1.807, 2.05) is 29.6 Å². The van der Waals surface area contributed by atoms with Crippen LogP contribution < -0.4 is 5.73 Å². The molecule has 3 aromatic rings. The molecular formula is C11H8N4S2. The normalized spacial score (nSPS) is 10.8. The number of fused-ring (bicyclic) bond motifs is 1. The fourth-order valence-corrected chi connectivity index (χ4v) is 2.95. The molecule has 2 aromatic heterocycles. The Morgan fingerprint density at radius 3 is 2.59 bits per heavy atom. The minimum Gasteiger partial charge on any atom is -0.381 e. The van der Waals surface area contributed by atoms with Crippen LogP contribution in [0, 0.1) is 0 Å². The van der Waals surface area contributed by atoms with Crippen molar-refractivity contribution in [1.29, 1.82) is 0 Å². The summed E-state index contributed by atoms with van der Waals surface area (Å²) in [4.78, 5) is 13.0. The predicted octanol–water partition coefficient (Wildman–Crippen LogP) is 2.82. The van der Waals surface area contributed by atoms with E-state index in [4.69, 9.17) is 5.73 Å². The van der Waals surface area contributed by atoms with Gasteiger partial charge in [0.1, 0.15) is 5.03 Å². The highest BCUT2D eigenvalue weighted by Crippen LogP contribution is 2.31. The van der Waals surface area contributed by atoms with Crippen molar-refractivity contribution in [2.45, 2.75) is 9.37 Å². The summed E-state index contributed by atoms with van der Waals surface area (Å²) in [7, 11) is 0. The van der Waals surface area contributed by atoms with E-state index in [1.165, 1.54) is 11.8 Å². The third kappa shape index (κ3) is 2.09. The SMILES string of the molecule is Nc1nc2ccccc2nc1Sc1nccs1. The second kappa shape index (κ2) is 4.31. The van der Waals surface area contributed by atoms with Crippen LogP contribution in [0.3, 0.4) is 0 Å². The fraction of sp³-hybridized carbons (Fsp3) is 0. The molecule has 84 valence electrons. The molecule has 0 aliphatic carbocycles. The number of nitrogens with zero attached hydrogens (tertiary/aromatic N) is 3. The molecule has 2 heterocycles. The first kappa shape index (κ1) is 10.5. The smallest absolute Gasteiger partial charge is 0.157 e. The first-order valence-electron chi connectivity index (χ1n) is 4.92. The van der Waals surface area contributed by atoms with E-state index in [-0.39, 0.29) is 0 Å². The Balaban J connectivity index is 2.07. The first-order chi connectivity index (χ1) is 8.33. The van der Waals surface area contributed by atoms with Crippen LogP contribution >= 0.6 is 23.1 Å². The van der Waals surface area contributed by atoms with Gasteiger partial charge in [0, 0.05) is 11.6 Å². The lowest BCUT2D eigenvalue weighted by molar-refractivity contribution is 1.13. The zero-order chi connectivity index (χ0) is 11.7. The summed E-state index contributed by atoms with van der Waals surface area (Å²) >= 11 is 3.00. The van der Waals surface area contributed by atoms with Crippen molar-refractivity contribution in [3.8, 4) is 0 Å². The number of rotatable bonds is 2. The molecule has 0 amide bonds. The molecule has 3 rings (SSSR count). The molecule has 6 heteroatoms.